The van der Waals surface area contributed by atoms with E-state index in [4.69, 9.17) is 4.74 Å². The number of nitrogens with zero attached hydrogens (tertiary/aromatic N) is 1. The van der Waals surface area contributed by atoms with Gasteiger partial charge in [-0.25, -0.2) is 4.39 Å². The lowest BCUT2D eigenvalue weighted by Gasteiger charge is -2.32. The molecule has 2 rings (SSSR count). The Hall–Kier alpha value is -2.29. The summed E-state index contributed by atoms with van der Waals surface area (Å²) in [5.41, 5.74) is 0.405. The Morgan fingerprint density at radius 1 is 1.22 bits per heavy atom. The number of likely N-dealkylation sites (N-methyl/N-ethyl adjacent to an activating group) is 1. The zero-order chi connectivity index (χ0) is 19.8. The quantitative estimate of drug-likeness (QED) is 0.561. The van der Waals surface area contributed by atoms with E-state index in [-0.39, 0.29) is 43.7 Å². The third-order valence-corrected chi connectivity index (χ3v) is 4.07. The zero-order valence-corrected chi connectivity index (χ0v) is 15.5. The second-order valence-electron chi connectivity index (χ2n) is 6.68. The van der Waals surface area contributed by atoms with E-state index in [1.165, 1.54) is 6.07 Å². The first-order valence-electron chi connectivity index (χ1n) is 8.78. The van der Waals surface area contributed by atoms with Gasteiger partial charge in [0.15, 0.2) is 0 Å². The van der Waals surface area contributed by atoms with Gasteiger partial charge < -0.3 is 25.4 Å². The minimum atomic E-state index is -0.634. The lowest BCUT2D eigenvalue weighted by molar-refractivity contribution is -0.128. The van der Waals surface area contributed by atoms with Crippen LogP contribution in [0.15, 0.2) is 36.4 Å². The van der Waals surface area contributed by atoms with Gasteiger partial charge in [-0.15, -0.1) is 0 Å². The van der Waals surface area contributed by atoms with Crippen molar-refractivity contribution < 1.29 is 23.8 Å². The number of carbonyl (C=O) groups is 2. The van der Waals surface area contributed by atoms with E-state index >= 15 is 0 Å². The Labute approximate surface area is 158 Å². The van der Waals surface area contributed by atoms with Crippen LogP contribution in [0, 0.1) is 5.82 Å². The van der Waals surface area contributed by atoms with Crippen molar-refractivity contribution in [3.8, 4) is 0 Å². The Morgan fingerprint density at radius 3 is 2.63 bits per heavy atom. The highest BCUT2D eigenvalue weighted by Gasteiger charge is 2.29. The van der Waals surface area contributed by atoms with Crippen LogP contribution in [0.25, 0.3) is 0 Å². The van der Waals surface area contributed by atoms with E-state index in [1.54, 1.807) is 49.3 Å². The number of ether oxygens (including phenoxy) is 1. The summed E-state index contributed by atoms with van der Waals surface area (Å²) in [6.45, 7) is 0.0313. The Balaban J connectivity index is 1.85. The molecule has 0 aliphatic carbocycles. The van der Waals surface area contributed by atoms with Crippen molar-refractivity contribution in [1.82, 2.24) is 15.5 Å². The fourth-order valence-corrected chi connectivity index (χ4v) is 2.75. The molecular weight excluding hydrogens is 353 g/mol. The summed E-state index contributed by atoms with van der Waals surface area (Å²) in [6.07, 6.45) is 2.30. The second kappa shape index (κ2) is 10.1. The number of aliphatic hydroxyl groups is 1. The third-order valence-electron chi connectivity index (χ3n) is 4.07. The van der Waals surface area contributed by atoms with Crippen LogP contribution in [-0.2, 0) is 20.9 Å². The molecule has 1 aromatic rings. The molecule has 1 aliphatic rings. The number of rotatable bonds is 8. The number of nitrogens with one attached hydrogen (secondary N) is 2. The smallest absolute Gasteiger partial charge is 0.234 e. The molecule has 0 fully saturated rings. The van der Waals surface area contributed by atoms with Crippen molar-refractivity contribution in [2.75, 3.05) is 27.2 Å². The number of halogens is 1. The molecule has 148 valence electrons. The van der Waals surface area contributed by atoms with Crippen molar-refractivity contribution in [3.63, 3.8) is 0 Å². The van der Waals surface area contributed by atoms with Crippen LogP contribution in [0.5, 0.6) is 0 Å². The maximum atomic E-state index is 13.6. The molecule has 0 radical (unpaired) electrons. The fourth-order valence-electron chi connectivity index (χ4n) is 2.75. The van der Waals surface area contributed by atoms with Gasteiger partial charge in [0.05, 0.1) is 31.7 Å². The average Bonchev–Trinajstić information content (AvgIpc) is 2.61. The summed E-state index contributed by atoms with van der Waals surface area (Å²) in [5, 5.41) is 15.0. The van der Waals surface area contributed by atoms with Crippen LogP contribution in [0.4, 0.5) is 4.39 Å². The average molecular weight is 379 g/mol. The van der Waals surface area contributed by atoms with E-state index in [1.807, 2.05) is 0 Å². The van der Waals surface area contributed by atoms with E-state index in [0.29, 0.717) is 5.56 Å². The highest BCUT2D eigenvalue weighted by Crippen LogP contribution is 2.16. The highest BCUT2D eigenvalue weighted by atomic mass is 19.1. The van der Waals surface area contributed by atoms with Gasteiger partial charge in [-0.1, -0.05) is 30.4 Å². The van der Waals surface area contributed by atoms with Crippen LogP contribution < -0.4 is 10.6 Å². The first kappa shape index (κ1) is 21.0. The summed E-state index contributed by atoms with van der Waals surface area (Å²) in [4.78, 5) is 25.7. The molecule has 8 heteroatoms. The van der Waals surface area contributed by atoms with Crippen LogP contribution in [-0.4, -0.2) is 67.3 Å². The normalized spacial score (nSPS) is 21.9. The second-order valence-corrected chi connectivity index (χ2v) is 6.68. The van der Waals surface area contributed by atoms with Gasteiger partial charge in [-0.3, -0.25) is 9.59 Å². The molecule has 1 aromatic carbocycles. The van der Waals surface area contributed by atoms with Crippen LogP contribution >= 0.6 is 0 Å². The number of carbonyl (C=O) groups excluding carboxylic acids is 2. The molecule has 1 heterocycles. The van der Waals surface area contributed by atoms with E-state index < -0.39 is 18.2 Å². The lowest BCUT2D eigenvalue weighted by atomic mass is 10.0. The maximum Gasteiger partial charge on any atom is 0.234 e. The zero-order valence-electron chi connectivity index (χ0n) is 15.5. The van der Waals surface area contributed by atoms with Crippen LogP contribution in [0.3, 0.4) is 0 Å². The van der Waals surface area contributed by atoms with Gasteiger partial charge in [0.1, 0.15) is 11.9 Å². The summed E-state index contributed by atoms with van der Waals surface area (Å²) < 4.78 is 19.3. The molecule has 0 spiro atoms. The van der Waals surface area contributed by atoms with Crippen molar-refractivity contribution in [2.45, 2.75) is 31.2 Å². The molecule has 3 N–H and O–H groups in total. The first-order valence-corrected chi connectivity index (χ1v) is 8.78. The van der Waals surface area contributed by atoms with Crippen molar-refractivity contribution >= 4 is 11.8 Å². The van der Waals surface area contributed by atoms with Gasteiger partial charge in [0, 0.05) is 12.1 Å². The van der Waals surface area contributed by atoms with Gasteiger partial charge in [0.2, 0.25) is 11.8 Å². The predicted molar refractivity (Wildman–Crippen MR) is 98.2 cm³/mol. The molecule has 7 nitrogen and oxygen atoms in total. The predicted octanol–water partition coefficient (Wildman–Crippen LogP) is 0.194. The number of aliphatic hydroxyl groups excluding tert-OH is 1. The highest BCUT2D eigenvalue weighted by molar-refractivity contribution is 5.78. The van der Waals surface area contributed by atoms with Gasteiger partial charge >= 0.3 is 0 Å². The molecule has 1 aliphatic heterocycles. The lowest BCUT2D eigenvalue weighted by Crippen LogP contribution is -2.50. The largest absolute Gasteiger partial charge is 0.394 e. The SMILES string of the molecule is CN(C)CC(=O)N[C@@H]1C=C[C@@H](CC(=O)NCc2ccccc2F)O[C@H]1CO. The summed E-state index contributed by atoms with van der Waals surface area (Å²) in [5.74, 6) is -0.847. The van der Waals surface area contributed by atoms with E-state index in [0.717, 1.165) is 0 Å². The monoisotopic (exact) mass is 379 g/mol. The molecule has 0 saturated carbocycles. The van der Waals surface area contributed by atoms with Gasteiger partial charge in [-0.05, 0) is 20.2 Å². The summed E-state index contributed by atoms with van der Waals surface area (Å²) in [7, 11) is 3.57. The summed E-state index contributed by atoms with van der Waals surface area (Å²) >= 11 is 0. The molecule has 0 unspecified atom stereocenters. The Kier molecular flexibility index (Phi) is 7.90. The molecule has 0 bridgehead atoms. The van der Waals surface area contributed by atoms with Crippen LogP contribution in [0.1, 0.15) is 12.0 Å². The molecule has 0 saturated heterocycles. The minimum absolute atomic E-state index is 0.0415. The van der Waals surface area contributed by atoms with Gasteiger partial charge in [0.25, 0.3) is 0 Å². The number of hydrogen-bond acceptors (Lipinski definition) is 5. The molecule has 3 atom stereocenters. The number of amides is 2. The van der Waals surface area contributed by atoms with Crippen molar-refractivity contribution in [1.29, 1.82) is 0 Å². The Bertz CT molecular complexity index is 681. The number of hydrogen-bond donors (Lipinski definition) is 3. The third kappa shape index (κ3) is 6.74. The fraction of sp³-hybridized carbons (Fsp3) is 0.474. The number of benzene rings is 1. The van der Waals surface area contributed by atoms with Crippen molar-refractivity contribution in [3.05, 3.63) is 47.8 Å². The molecule has 0 aromatic heterocycles. The molecular formula is C19H26FN3O4. The minimum Gasteiger partial charge on any atom is -0.394 e. The standard InChI is InChI=1S/C19H26FN3O4/c1-23(2)11-19(26)22-16-8-7-14(27-17(16)12-24)9-18(25)21-10-13-5-3-4-6-15(13)20/h3-8,14,16-17,24H,9-12H2,1-2H3,(H,21,25)(H,22,26)/t14-,16+,17-/m0/s1. The Morgan fingerprint density at radius 2 is 1.96 bits per heavy atom. The van der Waals surface area contributed by atoms with Crippen molar-refractivity contribution in [2.24, 2.45) is 0 Å². The maximum absolute atomic E-state index is 13.6. The topological polar surface area (TPSA) is 90.9 Å². The van der Waals surface area contributed by atoms with E-state index in [2.05, 4.69) is 10.6 Å². The van der Waals surface area contributed by atoms with Crippen LogP contribution in [0.2, 0.25) is 0 Å². The van der Waals surface area contributed by atoms with Gasteiger partial charge in [-0.2, -0.15) is 0 Å². The van der Waals surface area contributed by atoms with E-state index in [9.17, 15) is 19.1 Å². The molecule has 2 amide bonds. The molecule has 27 heavy (non-hydrogen) atoms. The summed E-state index contributed by atoms with van der Waals surface area (Å²) in [6, 6.07) is 5.78. The first-order chi connectivity index (χ1) is 12.9.